The summed E-state index contributed by atoms with van der Waals surface area (Å²) in [6.07, 6.45) is -0.0306. The summed E-state index contributed by atoms with van der Waals surface area (Å²) in [5.41, 5.74) is 4.55. The van der Waals surface area contributed by atoms with E-state index in [9.17, 15) is 14.4 Å². The third kappa shape index (κ3) is 2.18. The second kappa shape index (κ2) is 4.52. The number of hydrogen-bond donors (Lipinski definition) is 3. The van der Waals surface area contributed by atoms with Crippen LogP contribution in [-0.2, 0) is 10.3 Å². The first-order chi connectivity index (χ1) is 9.24. The molecule has 1 aromatic heterocycles. The number of aromatic amines is 1. The van der Waals surface area contributed by atoms with Gasteiger partial charge in [0.2, 0.25) is 5.91 Å². The second-order valence-electron chi connectivity index (χ2n) is 5.23. The topological polar surface area (TPSA) is 118 Å². The van der Waals surface area contributed by atoms with Crippen molar-refractivity contribution in [3.05, 3.63) is 34.2 Å². The maximum absolute atomic E-state index is 12.1. The van der Waals surface area contributed by atoms with Crippen molar-refractivity contribution < 1.29 is 14.7 Å². The summed E-state index contributed by atoms with van der Waals surface area (Å²) < 4.78 is 1.36. The lowest BCUT2D eigenvalue weighted by atomic mass is 9.99. The molecule has 1 amide bonds. The number of carbonyl (C=O) groups is 2. The Morgan fingerprint density at radius 1 is 1.40 bits per heavy atom. The van der Waals surface area contributed by atoms with Gasteiger partial charge in [0.1, 0.15) is 0 Å². The Balaban J connectivity index is 2.76. The number of fused-ring (bicyclic) bond motifs is 1. The number of carbonyl (C=O) groups excluding carboxylic acids is 1. The second-order valence-corrected chi connectivity index (χ2v) is 5.23. The Kier molecular flexibility index (Phi) is 3.13. The Morgan fingerprint density at radius 2 is 2.05 bits per heavy atom. The number of nitrogens with zero attached hydrogens (tertiary/aromatic N) is 1. The molecule has 0 fully saturated rings. The Bertz CT molecular complexity index is 755. The zero-order chi connectivity index (χ0) is 15.1. The summed E-state index contributed by atoms with van der Waals surface area (Å²) in [5.74, 6) is -1.66. The van der Waals surface area contributed by atoms with Crippen LogP contribution in [0.25, 0.3) is 11.0 Å². The van der Waals surface area contributed by atoms with Crippen molar-refractivity contribution in [2.75, 3.05) is 0 Å². The fourth-order valence-corrected chi connectivity index (χ4v) is 2.41. The van der Waals surface area contributed by atoms with Crippen LogP contribution in [0.15, 0.2) is 23.0 Å². The number of para-hydroxylation sites is 1. The molecule has 20 heavy (non-hydrogen) atoms. The van der Waals surface area contributed by atoms with Crippen LogP contribution in [0.1, 0.15) is 30.6 Å². The van der Waals surface area contributed by atoms with E-state index in [1.54, 1.807) is 26.0 Å². The van der Waals surface area contributed by atoms with Gasteiger partial charge >= 0.3 is 11.7 Å². The van der Waals surface area contributed by atoms with Crippen LogP contribution in [0.2, 0.25) is 0 Å². The lowest BCUT2D eigenvalue weighted by Crippen LogP contribution is -2.38. The van der Waals surface area contributed by atoms with E-state index in [-0.39, 0.29) is 17.5 Å². The van der Waals surface area contributed by atoms with Gasteiger partial charge in [-0.25, -0.2) is 9.59 Å². The summed E-state index contributed by atoms with van der Waals surface area (Å²) in [4.78, 5) is 36.9. The largest absolute Gasteiger partial charge is 0.478 e. The van der Waals surface area contributed by atoms with E-state index < -0.39 is 23.1 Å². The average Bonchev–Trinajstić information content (AvgIpc) is 2.62. The van der Waals surface area contributed by atoms with Crippen molar-refractivity contribution in [1.29, 1.82) is 0 Å². The third-order valence-corrected chi connectivity index (χ3v) is 3.16. The van der Waals surface area contributed by atoms with Gasteiger partial charge in [0, 0.05) is 6.42 Å². The Morgan fingerprint density at radius 3 is 2.60 bits per heavy atom. The van der Waals surface area contributed by atoms with Crippen LogP contribution >= 0.6 is 0 Å². The van der Waals surface area contributed by atoms with Crippen molar-refractivity contribution in [1.82, 2.24) is 9.55 Å². The minimum absolute atomic E-state index is 0.00762. The van der Waals surface area contributed by atoms with Gasteiger partial charge in [-0.2, -0.15) is 0 Å². The zero-order valence-electron chi connectivity index (χ0n) is 11.1. The standard InChI is InChI=1S/C13H15N3O4/c1-13(2,6-9(14)17)16-8-5-3-4-7(11(18)19)10(8)15-12(16)20/h3-5H,6H2,1-2H3,(H2,14,17)(H,15,20)(H,18,19). The maximum Gasteiger partial charge on any atom is 0.337 e. The number of carboxylic acid groups (broad SMARTS) is 1. The molecule has 0 aliphatic carbocycles. The smallest absolute Gasteiger partial charge is 0.337 e. The van der Waals surface area contributed by atoms with Crippen LogP contribution in [0.3, 0.4) is 0 Å². The number of carboxylic acids is 1. The molecule has 7 nitrogen and oxygen atoms in total. The first-order valence-corrected chi connectivity index (χ1v) is 6.00. The van der Waals surface area contributed by atoms with Crippen LogP contribution in [0, 0.1) is 0 Å². The molecule has 0 saturated heterocycles. The number of amides is 1. The molecule has 1 heterocycles. The van der Waals surface area contributed by atoms with Gasteiger partial charge in [0.05, 0.1) is 22.1 Å². The number of aromatic carboxylic acids is 1. The molecule has 4 N–H and O–H groups in total. The average molecular weight is 277 g/mol. The Labute approximate surface area is 114 Å². The molecule has 1 aromatic carbocycles. The maximum atomic E-state index is 12.1. The quantitative estimate of drug-likeness (QED) is 0.759. The minimum Gasteiger partial charge on any atom is -0.478 e. The molecule has 7 heteroatoms. The van der Waals surface area contributed by atoms with Gasteiger partial charge in [-0.05, 0) is 26.0 Å². The van der Waals surface area contributed by atoms with E-state index in [1.807, 2.05) is 0 Å². The highest BCUT2D eigenvalue weighted by Gasteiger charge is 2.28. The van der Waals surface area contributed by atoms with Gasteiger partial charge in [0.15, 0.2) is 0 Å². The molecule has 0 atom stereocenters. The fourth-order valence-electron chi connectivity index (χ4n) is 2.41. The monoisotopic (exact) mass is 277 g/mol. The number of H-pyrrole nitrogens is 1. The highest BCUT2D eigenvalue weighted by molar-refractivity contribution is 6.01. The number of hydrogen-bond acceptors (Lipinski definition) is 3. The molecule has 0 bridgehead atoms. The van der Waals surface area contributed by atoms with Crippen molar-refractivity contribution in [3.63, 3.8) is 0 Å². The lowest BCUT2D eigenvalue weighted by molar-refractivity contribution is -0.119. The highest BCUT2D eigenvalue weighted by atomic mass is 16.4. The van der Waals surface area contributed by atoms with Crippen molar-refractivity contribution in [3.8, 4) is 0 Å². The van der Waals surface area contributed by atoms with Gasteiger partial charge in [0.25, 0.3) is 0 Å². The van der Waals surface area contributed by atoms with E-state index >= 15 is 0 Å². The van der Waals surface area contributed by atoms with E-state index in [1.165, 1.54) is 10.6 Å². The van der Waals surface area contributed by atoms with Crippen LogP contribution in [0.5, 0.6) is 0 Å². The van der Waals surface area contributed by atoms with E-state index in [2.05, 4.69) is 4.98 Å². The van der Waals surface area contributed by atoms with E-state index in [0.29, 0.717) is 5.52 Å². The van der Waals surface area contributed by atoms with Crippen molar-refractivity contribution >= 4 is 22.9 Å². The zero-order valence-corrected chi connectivity index (χ0v) is 11.1. The van der Waals surface area contributed by atoms with Gasteiger partial charge < -0.3 is 15.8 Å². The molecule has 0 radical (unpaired) electrons. The molecule has 0 unspecified atom stereocenters. The molecule has 2 rings (SSSR count). The van der Waals surface area contributed by atoms with Crippen molar-refractivity contribution in [2.24, 2.45) is 5.73 Å². The summed E-state index contributed by atoms with van der Waals surface area (Å²) in [6, 6.07) is 4.59. The number of nitrogens with two attached hydrogens (primary N) is 1. The molecule has 0 aliphatic heterocycles. The molecule has 106 valence electrons. The molecule has 0 aliphatic rings. The van der Waals surface area contributed by atoms with E-state index in [4.69, 9.17) is 10.8 Å². The molecule has 2 aromatic rings. The van der Waals surface area contributed by atoms with Crippen LogP contribution in [-0.4, -0.2) is 26.5 Å². The number of nitrogens with one attached hydrogen (secondary N) is 1. The Hall–Kier alpha value is -2.57. The number of aromatic nitrogens is 2. The third-order valence-electron chi connectivity index (χ3n) is 3.16. The first-order valence-electron chi connectivity index (χ1n) is 6.00. The van der Waals surface area contributed by atoms with E-state index in [0.717, 1.165) is 0 Å². The molecule has 0 saturated carbocycles. The summed E-state index contributed by atoms with van der Waals surface area (Å²) in [7, 11) is 0. The number of benzene rings is 1. The van der Waals surface area contributed by atoms with Gasteiger partial charge in [-0.3, -0.25) is 9.36 Å². The van der Waals surface area contributed by atoms with Gasteiger partial charge in [-0.1, -0.05) is 6.07 Å². The summed E-state index contributed by atoms with van der Waals surface area (Å²) in [6.45, 7) is 3.39. The first kappa shape index (κ1) is 13.9. The number of rotatable bonds is 4. The number of primary amides is 1. The number of imidazole rings is 1. The molecular formula is C13H15N3O4. The normalized spacial score (nSPS) is 11.7. The minimum atomic E-state index is -1.13. The van der Waals surface area contributed by atoms with Crippen LogP contribution < -0.4 is 11.4 Å². The SMILES string of the molecule is CC(C)(CC(N)=O)n1c(=O)[nH]c2c(C(=O)O)cccc21. The van der Waals surface area contributed by atoms with Gasteiger partial charge in [-0.15, -0.1) is 0 Å². The molecule has 0 spiro atoms. The lowest BCUT2D eigenvalue weighted by Gasteiger charge is -2.25. The predicted molar refractivity (Wildman–Crippen MR) is 72.7 cm³/mol. The highest BCUT2D eigenvalue weighted by Crippen LogP contribution is 2.24. The summed E-state index contributed by atoms with van der Waals surface area (Å²) >= 11 is 0. The predicted octanol–water partition coefficient (Wildman–Crippen LogP) is 0.638. The molecular weight excluding hydrogens is 262 g/mol. The summed E-state index contributed by atoms with van der Waals surface area (Å²) in [5, 5.41) is 9.13. The van der Waals surface area contributed by atoms with Crippen molar-refractivity contribution in [2.45, 2.75) is 25.8 Å². The fraction of sp³-hybridized carbons (Fsp3) is 0.308. The van der Waals surface area contributed by atoms with Crippen LogP contribution in [0.4, 0.5) is 0 Å².